The highest BCUT2D eigenvalue weighted by Gasteiger charge is 2.52. The molecule has 0 unspecified atom stereocenters. The van der Waals surface area contributed by atoms with Crippen molar-refractivity contribution < 1.29 is 19.4 Å². The van der Waals surface area contributed by atoms with Crippen molar-refractivity contribution in [1.29, 1.82) is 0 Å². The third-order valence-electron chi connectivity index (χ3n) is 7.35. The quantitative estimate of drug-likeness (QED) is 0.650. The number of carboxylic acids is 1. The van der Waals surface area contributed by atoms with E-state index in [0.29, 0.717) is 5.75 Å². The fourth-order valence-electron chi connectivity index (χ4n) is 6.58. The van der Waals surface area contributed by atoms with Crippen LogP contribution in [0.15, 0.2) is 42.5 Å². The smallest absolute Gasteiger partial charge is 0.328 e. The first kappa shape index (κ1) is 18.4. The minimum absolute atomic E-state index is 0.0670. The monoisotopic (exact) mass is 392 g/mol. The van der Waals surface area contributed by atoms with E-state index in [0.717, 1.165) is 59.8 Å². The van der Waals surface area contributed by atoms with Crippen molar-refractivity contribution in [3.63, 3.8) is 0 Å². The number of aliphatic carboxylic acids is 1. The lowest BCUT2D eigenvalue weighted by Gasteiger charge is -2.57. The molecule has 4 fully saturated rings. The molecule has 4 heteroatoms. The number of aromatic hydroxyl groups is 1. The van der Waals surface area contributed by atoms with Gasteiger partial charge in [-0.05, 0) is 97.1 Å². The van der Waals surface area contributed by atoms with E-state index in [2.05, 4.69) is 6.07 Å². The molecule has 0 saturated heterocycles. The fraction of sp³-hybridized carbons (Fsp3) is 0.400. The topological polar surface area (TPSA) is 57.5 Å². The molecule has 29 heavy (non-hydrogen) atoms. The van der Waals surface area contributed by atoms with Crippen LogP contribution in [-0.4, -0.2) is 16.2 Å². The Labute approximate surface area is 169 Å². The molecule has 0 radical (unpaired) electrons. The Hall–Kier alpha value is -2.62. The molecule has 150 valence electrons. The van der Waals surface area contributed by atoms with Crippen molar-refractivity contribution in [3.05, 3.63) is 59.4 Å². The van der Waals surface area contributed by atoms with E-state index in [1.807, 2.05) is 6.07 Å². The second-order valence-electron chi connectivity index (χ2n) is 9.34. The number of carbonyl (C=O) groups is 1. The number of benzene rings is 2. The van der Waals surface area contributed by atoms with Crippen molar-refractivity contribution in [2.24, 2.45) is 17.8 Å². The average Bonchev–Trinajstić information content (AvgIpc) is 2.66. The Bertz CT molecular complexity index is 972. The van der Waals surface area contributed by atoms with Gasteiger partial charge in [0.2, 0.25) is 0 Å². The summed E-state index contributed by atoms with van der Waals surface area (Å²) in [7, 11) is 0. The molecule has 3 nitrogen and oxygen atoms in total. The lowest BCUT2D eigenvalue weighted by molar-refractivity contribution is -0.131. The normalized spacial score (nSPS) is 30.2. The third-order valence-corrected chi connectivity index (χ3v) is 7.35. The SMILES string of the molecule is O=C(O)/C=C/c1ccc(-c2ccc(O)c(C34CC5CC(CC(C5)C3)C4)c2)cc1F. The molecule has 4 aliphatic carbocycles. The highest BCUT2D eigenvalue weighted by Crippen LogP contribution is 2.62. The van der Waals surface area contributed by atoms with Gasteiger partial charge in [0, 0.05) is 17.2 Å². The molecule has 4 saturated carbocycles. The van der Waals surface area contributed by atoms with Gasteiger partial charge >= 0.3 is 5.97 Å². The number of phenols is 1. The second kappa shape index (κ2) is 6.72. The van der Waals surface area contributed by atoms with Crippen LogP contribution in [0.4, 0.5) is 4.39 Å². The molecule has 0 heterocycles. The molecule has 0 aromatic heterocycles. The van der Waals surface area contributed by atoms with E-state index in [-0.39, 0.29) is 11.0 Å². The van der Waals surface area contributed by atoms with Crippen LogP contribution in [-0.2, 0) is 10.2 Å². The Morgan fingerprint density at radius 1 is 0.966 bits per heavy atom. The molecular formula is C25H25FO3. The van der Waals surface area contributed by atoms with E-state index in [1.165, 1.54) is 31.4 Å². The van der Waals surface area contributed by atoms with Crippen LogP contribution >= 0.6 is 0 Å². The van der Waals surface area contributed by atoms with Crippen molar-refractivity contribution in [2.45, 2.75) is 43.9 Å². The molecule has 0 atom stereocenters. The van der Waals surface area contributed by atoms with Crippen LogP contribution in [0.25, 0.3) is 17.2 Å². The lowest BCUT2D eigenvalue weighted by atomic mass is 9.48. The van der Waals surface area contributed by atoms with Gasteiger partial charge in [-0.15, -0.1) is 0 Å². The van der Waals surface area contributed by atoms with Crippen molar-refractivity contribution in [1.82, 2.24) is 0 Å². The maximum atomic E-state index is 14.5. The zero-order valence-electron chi connectivity index (χ0n) is 16.3. The third kappa shape index (κ3) is 3.25. The molecule has 6 rings (SSSR count). The first-order chi connectivity index (χ1) is 13.9. The van der Waals surface area contributed by atoms with Crippen molar-refractivity contribution in [2.75, 3.05) is 0 Å². The Morgan fingerprint density at radius 2 is 1.55 bits per heavy atom. The number of hydrogen-bond acceptors (Lipinski definition) is 2. The summed E-state index contributed by atoms with van der Waals surface area (Å²) in [5.41, 5.74) is 2.97. The maximum absolute atomic E-state index is 14.5. The van der Waals surface area contributed by atoms with Crippen molar-refractivity contribution >= 4 is 12.0 Å². The molecule has 2 aromatic rings. The first-order valence-corrected chi connectivity index (χ1v) is 10.5. The summed E-state index contributed by atoms with van der Waals surface area (Å²) < 4.78 is 14.5. The Balaban J connectivity index is 1.51. The highest BCUT2D eigenvalue weighted by molar-refractivity contribution is 5.85. The minimum Gasteiger partial charge on any atom is -0.508 e. The molecule has 0 aliphatic heterocycles. The van der Waals surface area contributed by atoms with E-state index in [4.69, 9.17) is 5.11 Å². The predicted octanol–water partition coefficient (Wildman–Crippen LogP) is 5.76. The molecular weight excluding hydrogens is 367 g/mol. The van der Waals surface area contributed by atoms with E-state index in [9.17, 15) is 14.3 Å². The molecule has 0 amide bonds. The summed E-state index contributed by atoms with van der Waals surface area (Å²) >= 11 is 0. The fourth-order valence-corrected chi connectivity index (χ4v) is 6.58. The van der Waals surface area contributed by atoms with Gasteiger partial charge in [-0.25, -0.2) is 9.18 Å². The summed E-state index contributed by atoms with van der Waals surface area (Å²) in [5, 5.41) is 19.5. The zero-order valence-corrected chi connectivity index (χ0v) is 16.3. The van der Waals surface area contributed by atoms with Gasteiger partial charge in [-0.3, -0.25) is 0 Å². The minimum atomic E-state index is -1.10. The Kier molecular flexibility index (Phi) is 4.27. The molecule has 4 bridgehead atoms. The average molecular weight is 392 g/mol. The van der Waals surface area contributed by atoms with Gasteiger partial charge in [0.25, 0.3) is 0 Å². The molecule has 2 N–H and O–H groups in total. The number of halogens is 1. The van der Waals surface area contributed by atoms with Crippen LogP contribution in [0.1, 0.15) is 49.7 Å². The molecule has 0 spiro atoms. The van der Waals surface area contributed by atoms with Crippen LogP contribution in [0, 0.1) is 23.6 Å². The standard InChI is InChI=1S/C25H25FO3/c26-22-11-20(2-1-18(22)4-6-24(28)29)19-3-5-23(27)21(10-19)25-12-15-7-16(13-25)9-17(8-15)14-25/h1-6,10-11,15-17,27H,7-9,12-14H2,(H,28,29)/b6-4+. The summed E-state index contributed by atoms with van der Waals surface area (Å²) in [6.07, 6.45) is 9.70. The van der Waals surface area contributed by atoms with Gasteiger partial charge in [-0.2, -0.15) is 0 Å². The summed E-state index contributed by atoms with van der Waals surface area (Å²) in [5.74, 6) is 1.14. The maximum Gasteiger partial charge on any atom is 0.328 e. The first-order valence-electron chi connectivity index (χ1n) is 10.5. The lowest BCUT2D eigenvalue weighted by Crippen LogP contribution is -2.48. The van der Waals surface area contributed by atoms with Gasteiger partial charge in [-0.1, -0.05) is 18.2 Å². The van der Waals surface area contributed by atoms with E-state index in [1.54, 1.807) is 18.2 Å². The summed E-state index contributed by atoms with van der Waals surface area (Å²) in [6, 6.07) is 10.5. The number of hydrogen-bond donors (Lipinski definition) is 2. The van der Waals surface area contributed by atoms with Gasteiger partial charge in [0.1, 0.15) is 11.6 Å². The Morgan fingerprint density at radius 3 is 2.14 bits per heavy atom. The zero-order chi connectivity index (χ0) is 20.2. The summed E-state index contributed by atoms with van der Waals surface area (Å²) in [6.45, 7) is 0. The number of rotatable bonds is 4. The summed E-state index contributed by atoms with van der Waals surface area (Å²) in [4.78, 5) is 10.7. The largest absolute Gasteiger partial charge is 0.508 e. The van der Waals surface area contributed by atoms with E-state index >= 15 is 0 Å². The van der Waals surface area contributed by atoms with Gasteiger partial charge < -0.3 is 10.2 Å². The van der Waals surface area contributed by atoms with Crippen LogP contribution in [0.5, 0.6) is 5.75 Å². The molecule has 4 aliphatic rings. The highest BCUT2D eigenvalue weighted by atomic mass is 19.1. The van der Waals surface area contributed by atoms with Gasteiger partial charge in [0.05, 0.1) is 0 Å². The molecule has 2 aromatic carbocycles. The van der Waals surface area contributed by atoms with Gasteiger partial charge in [0.15, 0.2) is 0 Å². The van der Waals surface area contributed by atoms with Crippen LogP contribution in [0.2, 0.25) is 0 Å². The predicted molar refractivity (Wildman–Crippen MR) is 110 cm³/mol. The van der Waals surface area contributed by atoms with E-state index < -0.39 is 11.8 Å². The number of phenolic OH excluding ortho intramolecular Hbond substituents is 1. The second-order valence-corrected chi connectivity index (χ2v) is 9.34. The van der Waals surface area contributed by atoms with Crippen molar-refractivity contribution in [3.8, 4) is 16.9 Å². The van der Waals surface area contributed by atoms with Crippen LogP contribution in [0.3, 0.4) is 0 Å². The van der Waals surface area contributed by atoms with Crippen LogP contribution < -0.4 is 0 Å². The number of carboxylic acid groups (broad SMARTS) is 1.